The fourth-order valence-electron chi connectivity index (χ4n) is 1.54. The highest BCUT2D eigenvalue weighted by Crippen LogP contribution is 2.31. The van der Waals surface area contributed by atoms with Crippen molar-refractivity contribution in [2.24, 2.45) is 0 Å². The number of benzene rings is 1. The maximum atomic E-state index is 11.5. The van der Waals surface area contributed by atoms with Crippen LogP contribution in [-0.2, 0) is 4.74 Å². The molecule has 94 valence electrons. The first kappa shape index (κ1) is 12.5. The van der Waals surface area contributed by atoms with E-state index in [1.807, 2.05) is 0 Å². The first-order valence-corrected chi connectivity index (χ1v) is 5.96. The monoisotopic (exact) mass is 265 g/mol. The summed E-state index contributed by atoms with van der Waals surface area (Å²) in [4.78, 5) is 27.0. The number of nitrogens with zero attached hydrogens (tertiary/aromatic N) is 1. The van der Waals surface area contributed by atoms with Gasteiger partial charge in [0.25, 0.3) is 0 Å². The van der Waals surface area contributed by atoms with Gasteiger partial charge in [-0.1, -0.05) is 0 Å². The van der Waals surface area contributed by atoms with Gasteiger partial charge < -0.3 is 9.47 Å². The summed E-state index contributed by atoms with van der Waals surface area (Å²) < 4.78 is 10.6. The van der Waals surface area contributed by atoms with Gasteiger partial charge in [-0.2, -0.15) is 0 Å². The zero-order valence-electron chi connectivity index (χ0n) is 10.1. The van der Waals surface area contributed by atoms with E-state index in [9.17, 15) is 9.59 Å². The topological polar surface area (TPSA) is 65.5 Å². The molecule has 2 aromatic rings. The second kappa shape index (κ2) is 4.73. The van der Waals surface area contributed by atoms with E-state index in [4.69, 9.17) is 4.74 Å². The summed E-state index contributed by atoms with van der Waals surface area (Å²) in [6.07, 6.45) is 0. The van der Waals surface area contributed by atoms with E-state index in [0.717, 1.165) is 4.70 Å². The van der Waals surface area contributed by atoms with E-state index in [1.54, 1.807) is 12.1 Å². The van der Waals surface area contributed by atoms with Crippen LogP contribution in [0.15, 0.2) is 12.1 Å². The molecule has 0 aliphatic heterocycles. The maximum Gasteiger partial charge on any atom is 0.338 e. The van der Waals surface area contributed by atoms with E-state index >= 15 is 0 Å². The van der Waals surface area contributed by atoms with Crippen LogP contribution in [0.25, 0.3) is 10.2 Å². The molecule has 1 aromatic heterocycles. The summed E-state index contributed by atoms with van der Waals surface area (Å²) >= 11 is 1.23. The van der Waals surface area contributed by atoms with Crippen LogP contribution in [-0.4, -0.2) is 31.0 Å². The Labute approximate surface area is 107 Å². The number of ketones is 1. The van der Waals surface area contributed by atoms with E-state index < -0.39 is 5.97 Å². The average molecular weight is 265 g/mol. The molecule has 0 N–H and O–H groups in total. The Morgan fingerprint density at radius 2 is 2.00 bits per heavy atom. The van der Waals surface area contributed by atoms with E-state index in [-0.39, 0.29) is 5.78 Å². The Hall–Kier alpha value is -1.95. The van der Waals surface area contributed by atoms with Crippen molar-refractivity contribution >= 4 is 33.3 Å². The SMILES string of the molecule is COC(=O)c1cc(OC)c2nc(C(C)=O)sc2c1. The summed E-state index contributed by atoms with van der Waals surface area (Å²) in [6.45, 7) is 1.45. The molecule has 0 spiro atoms. The van der Waals surface area contributed by atoms with Crippen molar-refractivity contribution in [3.63, 3.8) is 0 Å². The van der Waals surface area contributed by atoms with Crippen LogP contribution >= 0.6 is 11.3 Å². The van der Waals surface area contributed by atoms with E-state index in [2.05, 4.69) is 9.72 Å². The Balaban J connectivity index is 2.67. The summed E-state index contributed by atoms with van der Waals surface area (Å²) in [5, 5.41) is 0.394. The number of carbonyl (C=O) groups excluding carboxylic acids is 2. The Kier molecular flexibility index (Phi) is 3.29. The van der Waals surface area contributed by atoms with E-state index in [0.29, 0.717) is 21.8 Å². The molecule has 0 unspecified atom stereocenters. The smallest absolute Gasteiger partial charge is 0.338 e. The number of thiazole rings is 1. The standard InChI is InChI=1S/C12H11NO4S/c1-6(14)11-13-10-8(16-2)4-7(12(15)17-3)5-9(10)18-11/h4-5H,1-3H3. The van der Waals surface area contributed by atoms with Crippen molar-refractivity contribution in [3.05, 3.63) is 22.7 Å². The van der Waals surface area contributed by atoms with Gasteiger partial charge in [-0.05, 0) is 12.1 Å². The number of carbonyl (C=O) groups is 2. The van der Waals surface area contributed by atoms with Crippen molar-refractivity contribution in [3.8, 4) is 5.75 Å². The predicted molar refractivity (Wildman–Crippen MR) is 67.5 cm³/mol. The van der Waals surface area contributed by atoms with Crippen molar-refractivity contribution in [2.45, 2.75) is 6.92 Å². The molecule has 0 atom stereocenters. The highest BCUT2D eigenvalue weighted by atomic mass is 32.1. The third-order valence-corrected chi connectivity index (χ3v) is 3.51. The summed E-state index contributed by atoms with van der Waals surface area (Å²) in [5.74, 6) is -0.109. The average Bonchev–Trinajstić information content (AvgIpc) is 2.80. The zero-order valence-corrected chi connectivity index (χ0v) is 11.0. The molecule has 0 aliphatic rings. The molecular formula is C12H11NO4S. The molecule has 0 radical (unpaired) electrons. The highest BCUT2D eigenvalue weighted by Gasteiger charge is 2.16. The van der Waals surface area contributed by atoms with Crippen LogP contribution in [0.1, 0.15) is 27.1 Å². The normalized spacial score (nSPS) is 10.4. The molecule has 0 saturated heterocycles. The molecule has 0 fully saturated rings. The number of ether oxygens (including phenoxy) is 2. The summed E-state index contributed by atoms with van der Waals surface area (Å²) in [5.41, 5.74) is 0.959. The number of hydrogen-bond donors (Lipinski definition) is 0. The largest absolute Gasteiger partial charge is 0.494 e. The van der Waals surface area contributed by atoms with Gasteiger partial charge in [0.1, 0.15) is 11.3 Å². The van der Waals surface area contributed by atoms with Crippen molar-refractivity contribution in [1.29, 1.82) is 0 Å². The predicted octanol–water partition coefficient (Wildman–Crippen LogP) is 2.29. The van der Waals surface area contributed by atoms with Gasteiger partial charge in [0.15, 0.2) is 10.8 Å². The molecule has 0 bridgehead atoms. The van der Waals surface area contributed by atoms with Crippen molar-refractivity contribution in [2.75, 3.05) is 14.2 Å². The van der Waals surface area contributed by atoms with Crippen LogP contribution in [0.5, 0.6) is 5.75 Å². The lowest BCUT2D eigenvalue weighted by Crippen LogP contribution is -2.01. The molecule has 6 heteroatoms. The van der Waals surface area contributed by atoms with Crippen LogP contribution in [0.3, 0.4) is 0 Å². The minimum Gasteiger partial charge on any atom is -0.494 e. The van der Waals surface area contributed by atoms with Gasteiger partial charge in [-0.15, -0.1) is 11.3 Å². The zero-order chi connectivity index (χ0) is 13.3. The molecule has 1 heterocycles. The second-order valence-corrected chi connectivity index (χ2v) is 4.62. The Bertz CT molecular complexity index is 632. The molecule has 18 heavy (non-hydrogen) atoms. The van der Waals surface area contributed by atoms with Crippen LogP contribution in [0, 0.1) is 0 Å². The highest BCUT2D eigenvalue weighted by molar-refractivity contribution is 7.20. The first-order valence-electron chi connectivity index (χ1n) is 5.14. The molecule has 2 rings (SSSR count). The minimum absolute atomic E-state index is 0.113. The maximum absolute atomic E-state index is 11.5. The summed E-state index contributed by atoms with van der Waals surface area (Å²) in [7, 11) is 2.80. The number of hydrogen-bond acceptors (Lipinski definition) is 6. The van der Waals surface area contributed by atoms with Gasteiger partial charge in [0.2, 0.25) is 0 Å². The quantitative estimate of drug-likeness (QED) is 0.629. The number of aromatic nitrogens is 1. The molecule has 0 saturated carbocycles. The third-order valence-electron chi connectivity index (χ3n) is 2.40. The van der Waals surface area contributed by atoms with E-state index in [1.165, 1.54) is 32.5 Å². The van der Waals surface area contributed by atoms with Gasteiger partial charge in [-0.25, -0.2) is 9.78 Å². The molecule has 0 amide bonds. The third kappa shape index (κ3) is 2.06. The van der Waals surface area contributed by atoms with Gasteiger partial charge >= 0.3 is 5.97 Å². The fraction of sp³-hybridized carbons (Fsp3) is 0.250. The lowest BCUT2D eigenvalue weighted by atomic mass is 10.2. The number of fused-ring (bicyclic) bond motifs is 1. The second-order valence-electron chi connectivity index (χ2n) is 3.59. The minimum atomic E-state index is -0.451. The van der Waals surface area contributed by atoms with Crippen molar-refractivity contribution in [1.82, 2.24) is 4.98 Å². The van der Waals surface area contributed by atoms with Gasteiger partial charge in [0.05, 0.1) is 24.5 Å². The first-order chi connectivity index (χ1) is 8.56. The molecule has 5 nitrogen and oxygen atoms in total. The van der Waals surface area contributed by atoms with Gasteiger partial charge in [-0.3, -0.25) is 4.79 Å². The van der Waals surface area contributed by atoms with Crippen molar-refractivity contribution < 1.29 is 19.1 Å². The number of esters is 1. The van der Waals surface area contributed by atoms with Gasteiger partial charge in [0, 0.05) is 6.92 Å². The Morgan fingerprint density at radius 3 is 2.56 bits per heavy atom. The lowest BCUT2D eigenvalue weighted by Gasteiger charge is -2.03. The number of rotatable bonds is 3. The molecular weight excluding hydrogens is 254 g/mol. The number of Topliss-reactive ketones (excluding diaryl/α,β-unsaturated/α-hetero) is 1. The Morgan fingerprint density at radius 1 is 1.28 bits per heavy atom. The summed E-state index contributed by atoms with van der Waals surface area (Å²) in [6, 6.07) is 3.20. The van der Waals surface area contributed by atoms with Crippen LogP contribution < -0.4 is 4.74 Å². The molecule has 1 aromatic carbocycles. The number of methoxy groups -OCH3 is 2. The van der Waals surface area contributed by atoms with Crippen LogP contribution in [0.2, 0.25) is 0 Å². The lowest BCUT2D eigenvalue weighted by molar-refractivity contribution is 0.0600. The molecule has 0 aliphatic carbocycles. The fourth-order valence-corrected chi connectivity index (χ4v) is 2.46. The van der Waals surface area contributed by atoms with Crippen LogP contribution in [0.4, 0.5) is 0 Å².